The fraction of sp³-hybridized carbons (Fsp3) is 0.500. The highest BCUT2D eigenvalue weighted by molar-refractivity contribution is 9.10. The van der Waals surface area contributed by atoms with Gasteiger partial charge in [-0.05, 0) is 80.6 Å². The fourth-order valence-corrected chi connectivity index (χ4v) is 3.77. The van der Waals surface area contributed by atoms with E-state index in [-0.39, 0.29) is 18.2 Å². The highest BCUT2D eigenvalue weighted by Gasteiger charge is 2.26. The molecule has 0 atom stereocenters. The number of aromatic nitrogens is 1. The van der Waals surface area contributed by atoms with Crippen LogP contribution in [0.15, 0.2) is 35.1 Å². The Balaban J connectivity index is 1.54. The Bertz CT molecular complexity index is 780. The van der Waals surface area contributed by atoms with Crippen LogP contribution in [0.4, 0.5) is 4.79 Å². The van der Waals surface area contributed by atoms with Crippen LogP contribution < -0.4 is 10.1 Å². The molecule has 0 saturated heterocycles. The number of nitrogens with one attached hydrogen (secondary N) is 1. The van der Waals surface area contributed by atoms with E-state index in [0.717, 1.165) is 46.7 Å². The maximum Gasteiger partial charge on any atom is 0.407 e. The summed E-state index contributed by atoms with van der Waals surface area (Å²) >= 11 is 3.65. The van der Waals surface area contributed by atoms with Gasteiger partial charge in [0.1, 0.15) is 11.4 Å². The lowest BCUT2D eigenvalue weighted by Gasteiger charge is -2.30. The van der Waals surface area contributed by atoms with E-state index in [1.165, 1.54) is 0 Å². The predicted octanol–water partition coefficient (Wildman–Crippen LogP) is 5.21. The number of hydrogen-bond donors (Lipinski definition) is 1. The Morgan fingerprint density at radius 1 is 1.19 bits per heavy atom. The number of alkyl carbamates (subject to hydrolysis) is 1. The Morgan fingerprint density at radius 2 is 1.92 bits per heavy atom. The van der Waals surface area contributed by atoms with Crippen LogP contribution in [0.5, 0.6) is 5.75 Å². The lowest BCUT2D eigenvalue weighted by Crippen LogP contribution is -2.42. The first-order valence-electron chi connectivity index (χ1n) is 9.00. The van der Waals surface area contributed by atoms with Crippen molar-refractivity contribution >= 4 is 32.8 Å². The van der Waals surface area contributed by atoms with E-state index in [0.29, 0.717) is 0 Å². The van der Waals surface area contributed by atoms with Gasteiger partial charge in [0, 0.05) is 29.2 Å². The summed E-state index contributed by atoms with van der Waals surface area (Å²) in [5.74, 6) is 0.854. The van der Waals surface area contributed by atoms with Crippen molar-refractivity contribution in [2.24, 2.45) is 0 Å². The molecule has 1 aliphatic carbocycles. The van der Waals surface area contributed by atoms with Gasteiger partial charge in [0.2, 0.25) is 0 Å². The first-order chi connectivity index (χ1) is 12.3. The van der Waals surface area contributed by atoms with Crippen molar-refractivity contribution in [2.45, 2.75) is 64.2 Å². The molecule has 6 heteroatoms. The first kappa shape index (κ1) is 19.0. The zero-order chi connectivity index (χ0) is 18.7. The summed E-state index contributed by atoms with van der Waals surface area (Å²) in [5, 5.41) is 5.14. The molecule has 26 heavy (non-hydrogen) atoms. The lowest BCUT2D eigenvalue weighted by molar-refractivity contribution is 0.0470. The molecule has 1 amide bonds. The average molecular weight is 421 g/mol. The van der Waals surface area contributed by atoms with Gasteiger partial charge in [0.25, 0.3) is 0 Å². The van der Waals surface area contributed by atoms with Crippen molar-refractivity contribution in [3.8, 4) is 5.75 Å². The summed E-state index contributed by atoms with van der Waals surface area (Å²) in [5.41, 5.74) is -0.470. The third kappa shape index (κ3) is 4.87. The molecular weight excluding hydrogens is 396 g/mol. The summed E-state index contributed by atoms with van der Waals surface area (Å²) in [6, 6.07) is 6.14. The molecule has 140 valence electrons. The maximum absolute atomic E-state index is 11.9. The van der Waals surface area contributed by atoms with Crippen LogP contribution >= 0.6 is 15.9 Å². The molecule has 1 heterocycles. The number of rotatable bonds is 3. The van der Waals surface area contributed by atoms with E-state index >= 15 is 0 Å². The number of ether oxygens (including phenoxy) is 2. The Kier molecular flexibility index (Phi) is 5.70. The third-order valence-corrected chi connectivity index (χ3v) is 5.23. The molecule has 0 aliphatic heterocycles. The highest BCUT2D eigenvalue weighted by atomic mass is 79.9. The van der Waals surface area contributed by atoms with Crippen LogP contribution in [0.1, 0.15) is 46.5 Å². The summed E-state index contributed by atoms with van der Waals surface area (Å²) in [4.78, 5) is 16.0. The number of carbonyl (C=O) groups is 1. The van der Waals surface area contributed by atoms with Crippen molar-refractivity contribution < 1.29 is 14.3 Å². The number of hydrogen-bond acceptors (Lipinski definition) is 4. The van der Waals surface area contributed by atoms with Gasteiger partial charge in [0.15, 0.2) is 0 Å². The molecule has 0 bridgehead atoms. The van der Waals surface area contributed by atoms with E-state index < -0.39 is 5.60 Å². The van der Waals surface area contributed by atoms with Gasteiger partial charge in [-0.3, -0.25) is 4.98 Å². The van der Waals surface area contributed by atoms with Crippen LogP contribution in [-0.4, -0.2) is 28.8 Å². The van der Waals surface area contributed by atoms with Crippen LogP contribution in [0.2, 0.25) is 0 Å². The number of nitrogens with zero attached hydrogens (tertiary/aromatic N) is 1. The topological polar surface area (TPSA) is 60.5 Å². The molecule has 0 radical (unpaired) electrons. The molecule has 5 nitrogen and oxygen atoms in total. The van der Waals surface area contributed by atoms with E-state index in [2.05, 4.69) is 26.2 Å². The van der Waals surface area contributed by atoms with E-state index in [4.69, 9.17) is 9.47 Å². The Labute approximate surface area is 162 Å². The number of benzene rings is 1. The minimum absolute atomic E-state index is 0.149. The third-order valence-electron chi connectivity index (χ3n) is 4.41. The minimum atomic E-state index is -0.470. The van der Waals surface area contributed by atoms with Crippen molar-refractivity contribution in [1.82, 2.24) is 10.3 Å². The van der Waals surface area contributed by atoms with Gasteiger partial charge in [-0.1, -0.05) is 0 Å². The zero-order valence-electron chi connectivity index (χ0n) is 15.4. The molecule has 1 aliphatic rings. The van der Waals surface area contributed by atoms with Crippen LogP contribution in [-0.2, 0) is 4.74 Å². The summed E-state index contributed by atoms with van der Waals surface area (Å²) in [6.07, 6.45) is 7.03. The monoisotopic (exact) mass is 420 g/mol. The zero-order valence-corrected chi connectivity index (χ0v) is 17.0. The molecule has 2 aromatic rings. The van der Waals surface area contributed by atoms with Gasteiger partial charge in [-0.15, -0.1) is 0 Å². The van der Waals surface area contributed by atoms with Crippen LogP contribution in [0.3, 0.4) is 0 Å². The average Bonchev–Trinajstić information content (AvgIpc) is 2.57. The van der Waals surface area contributed by atoms with Gasteiger partial charge in [0.05, 0.1) is 10.6 Å². The predicted molar refractivity (Wildman–Crippen MR) is 105 cm³/mol. The normalized spacial score (nSPS) is 20.6. The van der Waals surface area contributed by atoms with E-state index in [9.17, 15) is 4.79 Å². The second-order valence-electron chi connectivity index (χ2n) is 7.71. The molecule has 0 unspecified atom stereocenters. The number of pyridine rings is 1. The number of fused-ring (bicyclic) bond motifs is 1. The number of amides is 1. The molecule has 0 spiro atoms. The minimum Gasteiger partial charge on any atom is -0.489 e. The SMILES string of the molecule is CC(C)(C)OC(=O)N[C@H]1CC[C@@H](Oc2ccc3cnccc3c2Br)CC1. The summed E-state index contributed by atoms with van der Waals surface area (Å²) in [6.45, 7) is 5.61. The van der Waals surface area contributed by atoms with Crippen LogP contribution in [0, 0.1) is 0 Å². The smallest absolute Gasteiger partial charge is 0.407 e. The molecule has 1 aromatic carbocycles. The maximum atomic E-state index is 11.9. The fourth-order valence-electron chi connectivity index (χ4n) is 3.18. The largest absolute Gasteiger partial charge is 0.489 e. The molecular formula is C20H25BrN2O3. The summed E-state index contributed by atoms with van der Waals surface area (Å²) in [7, 11) is 0. The Hall–Kier alpha value is -1.82. The molecule has 1 N–H and O–H groups in total. The van der Waals surface area contributed by atoms with Gasteiger partial charge >= 0.3 is 6.09 Å². The summed E-state index contributed by atoms with van der Waals surface area (Å²) < 4.78 is 12.5. The van der Waals surface area contributed by atoms with Crippen molar-refractivity contribution in [1.29, 1.82) is 0 Å². The lowest BCUT2D eigenvalue weighted by atomic mass is 9.93. The van der Waals surface area contributed by atoms with Crippen molar-refractivity contribution in [3.05, 3.63) is 35.1 Å². The first-order valence-corrected chi connectivity index (χ1v) is 9.79. The van der Waals surface area contributed by atoms with Gasteiger partial charge in [-0.2, -0.15) is 0 Å². The second kappa shape index (κ2) is 7.82. The van der Waals surface area contributed by atoms with E-state index in [1.807, 2.05) is 45.2 Å². The van der Waals surface area contributed by atoms with Crippen molar-refractivity contribution in [3.63, 3.8) is 0 Å². The number of halogens is 1. The molecule has 1 fully saturated rings. The number of carbonyl (C=O) groups excluding carboxylic acids is 1. The quantitative estimate of drug-likeness (QED) is 0.739. The van der Waals surface area contributed by atoms with Gasteiger partial charge in [-0.25, -0.2) is 4.79 Å². The molecule has 1 saturated carbocycles. The molecule has 1 aromatic heterocycles. The van der Waals surface area contributed by atoms with Crippen molar-refractivity contribution in [2.75, 3.05) is 0 Å². The molecule has 3 rings (SSSR count). The second-order valence-corrected chi connectivity index (χ2v) is 8.51. The van der Waals surface area contributed by atoms with E-state index in [1.54, 1.807) is 6.20 Å². The van der Waals surface area contributed by atoms with Gasteiger partial charge < -0.3 is 14.8 Å². The highest BCUT2D eigenvalue weighted by Crippen LogP contribution is 2.35. The standard InChI is InChI=1S/C20H25BrN2O3/c1-20(2,3)26-19(24)23-14-5-7-15(8-6-14)25-17-9-4-13-12-22-11-10-16(13)18(17)21/h4,9-12,14-15H,5-8H2,1-3H3,(H,23,24)/t14-,15+. The Morgan fingerprint density at radius 3 is 2.62 bits per heavy atom. The van der Waals surface area contributed by atoms with Crippen LogP contribution in [0.25, 0.3) is 10.8 Å².